The molecule has 3 aromatic heterocycles. The van der Waals surface area contributed by atoms with Crippen LogP contribution < -0.4 is 4.90 Å². The molecular weight excluding hydrogens is 470 g/mol. The predicted octanol–water partition coefficient (Wildman–Crippen LogP) is 4.26. The molecule has 186 valence electrons. The van der Waals surface area contributed by atoms with Crippen LogP contribution in [0, 0.1) is 23.5 Å². The van der Waals surface area contributed by atoms with Gasteiger partial charge >= 0.3 is 5.97 Å². The van der Waals surface area contributed by atoms with Crippen molar-refractivity contribution in [3.05, 3.63) is 66.1 Å². The molecule has 0 amide bonds. The zero-order valence-corrected chi connectivity index (χ0v) is 19.5. The number of halogens is 2. The summed E-state index contributed by atoms with van der Waals surface area (Å²) in [7, 11) is 0. The summed E-state index contributed by atoms with van der Waals surface area (Å²) in [6.07, 6.45) is 3.78. The lowest BCUT2D eigenvalue weighted by Gasteiger charge is -2.34. The first-order valence-electron chi connectivity index (χ1n) is 11.6. The van der Waals surface area contributed by atoms with Gasteiger partial charge in [0.25, 0.3) is 0 Å². The largest absolute Gasteiger partial charge is 0.481 e. The fourth-order valence-corrected chi connectivity index (χ4v) is 4.50. The second-order valence-electron chi connectivity index (χ2n) is 8.87. The summed E-state index contributed by atoms with van der Waals surface area (Å²) in [5, 5.41) is 17.8. The highest BCUT2D eigenvalue weighted by Gasteiger charge is 2.30. The van der Waals surface area contributed by atoms with Gasteiger partial charge in [-0.15, -0.1) is 0 Å². The Bertz CT molecular complexity index is 1370. The molecule has 5 rings (SSSR count). The van der Waals surface area contributed by atoms with Crippen molar-refractivity contribution in [3.63, 3.8) is 0 Å². The van der Waals surface area contributed by atoms with Crippen molar-refractivity contribution >= 4 is 11.8 Å². The fourth-order valence-electron chi connectivity index (χ4n) is 4.50. The first-order valence-corrected chi connectivity index (χ1v) is 11.6. The van der Waals surface area contributed by atoms with E-state index in [1.165, 1.54) is 12.3 Å². The zero-order valence-electron chi connectivity index (χ0n) is 19.5. The number of piperidine rings is 1. The molecule has 0 spiro atoms. The summed E-state index contributed by atoms with van der Waals surface area (Å²) in [5.74, 6) is -1.81. The molecule has 4 heterocycles. The molecule has 4 aromatic rings. The topological polar surface area (TPSA) is 110 Å². The summed E-state index contributed by atoms with van der Waals surface area (Å²) in [5.41, 5.74) is 1.89. The Labute approximate surface area is 205 Å². The summed E-state index contributed by atoms with van der Waals surface area (Å²) < 4.78 is 35.6. The summed E-state index contributed by atoms with van der Waals surface area (Å²) in [6.45, 7) is 2.82. The highest BCUT2D eigenvalue weighted by molar-refractivity contribution is 5.70. The van der Waals surface area contributed by atoms with Gasteiger partial charge in [-0.1, -0.05) is 30.3 Å². The maximum absolute atomic E-state index is 14.7. The molecule has 1 atom stereocenters. The first kappa shape index (κ1) is 23.6. The van der Waals surface area contributed by atoms with E-state index < -0.39 is 17.7 Å². The molecule has 1 N–H and O–H groups in total. The number of carbonyl (C=O) groups is 1. The molecular formula is C25H24F2N6O3. The molecule has 1 aliphatic heterocycles. The van der Waals surface area contributed by atoms with Crippen molar-refractivity contribution < 1.29 is 23.2 Å². The van der Waals surface area contributed by atoms with E-state index in [1.54, 1.807) is 46.8 Å². The van der Waals surface area contributed by atoms with Gasteiger partial charge in [-0.05, 0) is 30.9 Å². The van der Waals surface area contributed by atoms with E-state index in [1.807, 2.05) is 0 Å². The molecule has 1 unspecified atom stereocenters. The number of carboxylic acids is 1. The van der Waals surface area contributed by atoms with Crippen LogP contribution in [0.5, 0.6) is 0 Å². The first-order chi connectivity index (χ1) is 17.4. The SMILES string of the molecule is CC(C(=O)O)C1CCN(c2nc(-c3cc(-c4ccon4)n(Cc4ccccc4F)n3)ncc2F)CC1. The number of nitrogens with zero attached hydrogens (tertiary/aromatic N) is 6. The maximum Gasteiger partial charge on any atom is 0.306 e. The normalized spacial score (nSPS) is 15.2. The van der Waals surface area contributed by atoms with Crippen LogP contribution in [0.25, 0.3) is 22.9 Å². The Hall–Kier alpha value is -4.15. The van der Waals surface area contributed by atoms with E-state index in [0.29, 0.717) is 48.6 Å². The van der Waals surface area contributed by atoms with Crippen LogP contribution in [-0.2, 0) is 11.3 Å². The highest BCUT2D eigenvalue weighted by Crippen LogP contribution is 2.30. The molecule has 0 radical (unpaired) electrons. The number of carboxylic acid groups (broad SMARTS) is 1. The average Bonchev–Trinajstić information content (AvgIpc) is 3.56. The van der Waals surface area contributed by atoms with Crippen molar-refractivity contribution in [2.24, 2.45) is 11.8 Å². The summed E-state index contributed by atoms with van der Waals surface area (Å²) in [6, 6.07) is 9.78. The van der Waals surface area contributed by atoms with Gasteiger partial charge in [0.05, 0.1) is 24.4 Å². The van der Waals surface area contributed by atoms with Gasteiger partial charge in [0.1, 0.15) is 23.5 Å². The molecule has 9 nitrogen and oxygen atoms in total. The Kier molecular flexibility index (Phi) is 6.45. The lowest BCUT2D eigenvalue weighted by Crippen LogP contribution is -2.38. The standard InChI is InChI=1S/C25H24F2N6O3/c1-15(25(34)35)16-6-9-32(10-7-16)24-19(27)13-28-23(29-24)21-12-22(20-8-11-36-31-20)33(30-21)14-17-4-2-3-5-18(17)26/h2-5,8,11-13,15-16H,6-7,9-10,14H2,1H3,(H,34,35). The molecule has 0 aliphatic carbocycles. The van der Waals surface area contributed by atoms with Crippen molar-refractivity contribution in [2.75, 3.05) is 18.0 Å². The summed E-state index contributed by atoms with van der Waals surface area (Å²) in [4.78, 5) is 21.7. The predicted molar refractivity (Wildman–Crippen MR) is 126 cm³/mol. The van der Waals surface area contributed by atoms with Crippen LogP contribution in [0.3, 0.4) is 0 Å². The lowest BCUT2D eigenvalue weighted by atomic mass is 9.85. The van der Waals surface area contributed by atoms with E-state index in [-0.39, 0.29) is 29.9 Å². The van der Waals surface area contributed by atoms with Crippen LogP contribution in [-0.4, -0.2) is 49.1 Å². The van der Waals surface area contributed by atoms with Gasteiger partial charge in [-0.3, -0.25) is 9.48 Å². The molecule has 11 heteroatoms. The van der Waals surface area contributed by atoms with Crippen molar-refractivity contribution in [1.82, 2.24) is 24.9 Å². The highest BCUT2D eigenvalue weighted by atomic mass is 19.1. The maximum atomic E-state index is 14.7. The Balaban J connectivity index is 1.44. The second-order valence-corrected chi connectivity index (χ2v) is 8.87. The third-order valence-electron chi connectivity index (χ3n) is 6.65. The van der Waals surface area contributed by atoms with E-state index in [9.17, 15) is 18.7 Å². The second kappa shape index (κ2) is 9.84. The molecule has 0 saturated carbocycles. The van der Waals surface area contributed by atoms with E-state index >= 15 is 0 Å². The zero-order chi connectivity index (χ0) is 25.2. The Morgan fingerprint density at radius 1 is 1.17 bits per heavy atom. The van der Waals surface area contributed by atoms with Gasteiger partial charge in [0, 0.05) is 24.7 Å². The Morgan fingerprint density at radius 2 is 1.94 bits per heavy atom. The average molecular weight is 495 g/mol. The summed E-state index contributed by atoms with van der Waals surface area (Å²) >= 11 is 0. The number of aromatic nitrogens is 5. The van der Waals surface area contributed by atoms with Gasteiger partial charge in [-0.2, -0.15) is 5.10 Å². The Morgan fingerprint density at radius 3 is 2.64 bits per heavy atom. The van der Waals surface area contributed by atoms with Crippen LogP contribution in [0.1, 0.15) is 25.3 Å². The van der Waals surface area contributed by atoms with Gasteiger partial charge in [-0.25, -0.2) is 18.7 Å². The van der Waals surface area contributed by atoms with Gasteiger partial charge in [0.15, 0.2) is 17.5 Å². The van der Waals surface area contributed by atoms with Crippen LogP contribution in [0.2, 0.25) is 0 Å². The van der Waals surface area contributed by atoms with E-state index in [4.69, 9.17) is 4.52 Å². The van der Waals surface area contributed by atoms with Crippen molar-refractivity contribution in [1.29, 1.82) is 0 Å². The minimum Gasteiger partial charge on any atom is -0.481 e. The van der Waals surface area contributed by atoms with Crippen LogP contribution in [0.4, 0.5) is 14.6 Å². The van der Waals surface area contributed by atoms with Crippen molar-refractivity contribution in [2.45, 2.75) is 26.3 Å². The van der Waals surface area contributed by atoms with E-state index in [0.717, 1.165) is 6.20 Å². The number of hydrogen-bond acceptors (Lipinski definition) is 7. The number of anilines is 1. The molecule has 1 saturated heterocycles. The molecule has 1 aromatic carbocycles. The minimum atomic E-state index is -0.821. The molecule has 1 fully saturated rings. The number of aliphatic carboxylic acids is 1. The minimum absolute atomic E-state index is 0.0298. The van der Waals surface area contributed by atoms with Crippen molar-refractivity contribution in [3.8, 4) is 22.9 Å². The third kappa shape index (κ3) is 4.68. The quantitative estimate of drug-likeness (QED) is 0.406. The molecule has 36 heavy (non-hydrogen) atoms. The van der Waals surface area contributed by atoms with E-state index in [2.05, 4.69) is 20.2 Å². The fraction of sp³-hybridized carbons (Fsp3) is 0.320. The number of rotatable bonds is 7. The van der Waals surface area contributed by atoms with Crippen LogP contribution in [0.15, 0.2) is 53.4 Å². The van der Waals surface area contributed by atoms with Gasteiger partial charge < -0.3 is 14.5 Å². The van der Waals surface area contributed by atoms with Crippen LogP contribution >= 0.6 is 0 Å². The third-order valence-corrected chi connectivity index (χ3v) is 6.65. The lowest BCUT2D eigenvalue weighted by molar-refractivity contribution is -0.143. The molecule has 1 aliphatic rings. The number of benzene rings is 1. The monoisotopic (exact) mass is 494 g/mol. The van der Waals surface area contributed by atoms with Gasteiger partial charge in [0.2, 0.25) is 0 Å². The smallest absolute Gasteiger partial charge is 0.306 e. The molecule has 0 bridgehead atoms. The number of hydrogen-bond donors (Lipinski definition) is 1.